The van der Waals surface area contributed by atoms with Gasteiger partial charge < -0.3 is 5.11 Å². The molecular weight excluding hydrogens is 310 g/mol. The van der Waals surface area contributed by atoms with Gasteiger partial charge in [-0.2, -0.15) is 26.3 Å². The van der Waals surface area contributed by atoms with Crippen LogP contribution < -0.4 is 0 Å². The van der Waals surface area contributed by atoms with E-state index in [9.17, 15) is 31.4 Å². The first kappa shape index (κ1) is 16.4. The molecule has 0 spiro atoms. The summed E-state index contributed by atoms with van der Waals surface area (Å²) >= 11 is 0. The van der Waals surface area contributed by atoms with Crippen molar-refractivity contribution in [2.45, 2.75) is 18.0 Å². The van der Waals surface area contributed by atoms with Gasteiger partial charge in [0.1, 0.15) is 0 Å². The van der Waals surface area contributed by atoms with Gasteiger partial charge in [0, 0.05) is 0 Å². The van der Waals surface area contributed by atoms with E-state index in [-0.39, 0.29) is 0 Å². The highest BCUT2D eigenvalue weighted by atomic mass is 19.4. The standard InChI is InChI=1S/C15H10F6O/c16-14(17,18)12-8-6-11(7-9-12)13(22,15(19,20)21)10-4-2-1-3-5-10/h1-9,22H. The topological polar surface area (TPSA) is 20.2 Å². The molecule has 2 aromatic carbocycles. The van der Waals surface area contributed by atoms with Gasteiger partial charge in [0.05, 0.1) is 5.56 Å². The Bertz CT molecular complexity index is 630. The molecule has 0 saturated heterocycles. The van der Waals surface area contributed by atoms with Crippen LogP contribution in [0.15, 0.2) is 54.6 Å². The number of hydrogen-bond acceptors (Lipinski definition) is 1. The molecule has 2 aromatic rings. The van der Waals surface area contributed by atoms with E-state index in [1.807, 2.05) is 0 Å². The molecule has 0 aliphatic rings. The molecule has 118 valence electrons. The highest BCUT2D eigenvalue weighted by Crippen LogP contribution is 2.44. The SMILES string of the molecule is OC(c1ccccc1)(c1ccc(C(F)(F)F)cc1)C(F)(F)F. The Hall–Kier alpha value is -2.02. The van der Waals surface area contributed by atoms with Crippen LogP contribution in [-0.4, -0.2) is 11.3 Å². The lowest BCUT2D eigenvalue weighted by atomic mass is 9.85. The monoisotopic (exact) mass is 320 g/mol. The molecule has 1 nitrogen and oxygen atoms in total. The van der Waals surface area contributed by atoms with Crippen molar-refractivity contribution < 1.29 is 31.4 Å². The van der Waals surface area contributed by atoms with Crippen molar-refractivity contribution in [2.24, 2.45) is 0 Å². The van der Waals surface area contributed by atoms with Gasteiger partial charge in [0.25, 0.3) is 0 Å². The summed E-state index contributed by atoms with van der Waals surface area (Å²) in [6.07, 6.45) is -9.75. The molecule has 0 amide bonds. The summed E-state index contributed by atoms with van der Waals surface area (Å²) in [5.74, 6) is 0. The van der Waals surface area contributed by atoms with Crippen molar-refractivity contribution in [1.29, 1.82) is 0 Å². The maximum Gasteiger partial charge on any atom is 0.425 e. The van der Waals surface area contributed by atoms with Gasteiger partial charge in [-0.3, -0.25) is 0 Å². The first-order chi connectivity index (χ1) is 10.1. The summed E-state index contributed by atoms with van der Waals surface area (Å²) in [6, 6.07) is 8.46. The minimum Gasteiger partial charge on any atom is -0.372 e. The number of benzene rings is 2. The molecule has 0 bridgehead atoms. The van der Waals surface area contributed by atoms with Gasteiger partial charge in [0.2, 0.25) is 5.60 Å². The molecule has 0 heterocycles. The number of alkyl halides is 6. The smallest absolute Gasteiger partial charge is 0.372 e. The van der Waals surface area contributed by atoms with E-state index in [0.717, 1.165) is 12.1 Å². The highest BCUT2D eigenvalue weighted by molar-refractivity contribution is 5.39. The predicted molar refractivity (Wildman–Crippen MR) is 66.9 cm³/mol. The second-order valence-electron chi connectivity index (χ2n) is 4.65. The highest BCUT2D eigenvalue weighted by Gasteiger charge is 2.56. The van der Waals surface area contributed by atoms with Crippen LogP contribution in [0.2, 0.25) is 0 Å². The van der Waals surface area contributed by atoms with Crippen LogP contribution in [-0.2, 0) is 11.8 Å². The zero-order chi connectivity index (χ0) is 16.6. The van der Waals surface area contributed by atoms with Crippen LogP contribution in [0.4, 0.5) is 26.3 Å². The Balaban J connectivity index is 2.57. The Morgan fingerprint density at radius 1 is 0.591 bits per heavy atom. The molecule has 0 aliphatic heterocycles. The third-order valence-corrected chi connectivity index (χ3v) is 3.23. The second-order valence-corrected chi connectivity index (χ2v) is 4.65. The molecule has 0 fully saturated rings. The minimum atomic E-state index is -5.09. The van der Waals surface area contributed by atoms with E-state index < -0.39 is 34.6 Å². The lowest BCUT2D eigenvalue weighted by Gasteiger charge is -2.31. The van der Waals surface area contributed by atoms with Crippen LogP contribution in [0.1, 0.15) is 16.7 Å². The maximum absolute atomic E-state index is 13.3. The van der Waals surface area contributed by atoms with Crippen molar-refractivity contribution in [2.75, 3.05) is 0 Å². The van der Waals surface area contributed by atoms with E-state index in [1.54, 1.807) is 0 Å². The Labute approximate surface area is 121 Å². The average molecular weight is 320 g/mol. The van der Waals surface area contributed by atoms with Crippen molar-refractivity contribution in [3.05, 3.63) is 71.3 Å². The molecule has 0 saturated carbocycles. The Morgan fingerprint density at radius 3 is 1.41 bits per heavy atom. The van der Waals surface area contributed by atoms with Gasteiger partial charge in [-0.25, -0.2) is 0 Å². The molecule has 0 aromatic heterocycles. The zero-order valence-electron chi connectivity index (χ0n) is 10.9. The minimum absolute atomic E-state index is 0.470. The molecule has 22 heavy (non-hydrogen) atoms. The number of hydrogen-bond donors (Lipinski definition) is 1. The molecule has 1 atom stereocenters. The molecule has 1 N–H and O–H groups in total. The van der Waals surface area contributed by atoms with Crippen LogP contribution in [0, 0.1) is 0 Å². The molecular formula is C15H10F6O. The van der Waals surface area contributed by atoms with Gasteiger partial charge in [-0.05, 0) is 23.3 Å². The fourth-order valence-corrected chi connectivity index (χ4v) is 2.07. The van der Waals surface area contributed by atoms with Crippen LogP contribution >= 0.6 is 0 Å². The number of halogens is 6. The normalized spacial score (nSPS) is 15.4. The predicted octanol–water partition coefficient (Wildman–Crippen LogP) is 4.50. The van der Waals surface area contributed by atoms with E-state index in [4.69, 9.17) is 0 Å². The lowest BCUT2D eigenvalue weighted by Crippen LogP contribution is -2.43. The molecule has 0 aliphatic carbocycles. The van der Waals surface area contributed by atoms with Crippen molar-refractivity contribution >= 4 is 0 Å². The summed E-state index contributed by atoms with van der Waals surface area (Å²) in [5.41, 5.74) is -5.62. The fourth-order valence-electron chi connectivity index (χ4n) is 2.07. The first-order valence-electron chi connectivity index (χ1n) is 6.09. The van der Waals surface area contributed by atoms with Crippen molar-refractivity contribution in [3.63, 3.8) is 0 Å². The second kappa shape index (κ2) is 5.31. The zero-order valence-corrected chi connectivity index (χ0v) is 10.9. The largest absolute Gasteiger partial charge is 0.425 e. The summed E-state index contributed by atoms with van der Waals surface area (Å²) in [6.45, 7) is 0. The number of aliphatic hydroxyl groups is 1. The lowest BCUT2D eigenvalue weighted by molar-refractivity contribution is -0.248. The Morgan fingerprint density at radius 2 is 1.00 bits per heavy atom. The first-order valence-corrected chi connectivity index (χ1v) is 6.09. The summed E-state index contributed by atoms with van der Waals surface area (Å²) < 4.78 is 77.5. The van der Waals surface area contributed by atoms with Crippen LogP contribution in [0.25, 0.3) is 0 Å². The van der Waals surface area contributed by atoms with Crippen LogP contribution in [0.5, 0.6) is 0 Å². The third kappa shape index (κ3) is 2.81. The average Bonchev–Trinajstić information content (AvgIpc) is 2.45. The third-order valence-electron chi connectivity index (χ3n) is 3.23. The van der Waals surface area contributed by atoms with Crippen molar-refractivity contribution in [3.8, 4) is 0 Å². The Kier molecular flexibility index (Phi) is 3.95. The molecule has 1 unspecified atom stereocenters. The van der Waals surface area contributed by atoms with E-state index >= 15 is 0 Å². The van der Waals surface area contributed by atoms with Crippen LogP contribution in [0.3, 0.4) is 0 Å². The molecule has 7 heteroatoms. The van der Waals surface area contributed by atoms with Gasteiger partial charge in [-0.1, -0.05) is 42.5 Å². The van der Waals surface area contributed by atoms with E-state index in [1.165, 1.54) is 18.2 Å². The van der Waals surface area contributed by atoms with E-state index in [0.29, 0.717) is 24.3 Å². The van der Waals surface area contributed by atoms with Crippen molar-refractivity contribution in [1.82, 2.24) is 0 Å². The van der Waals surface area contributed by atoms with Gasteiger partial charge >= 0.3 is 12.4 Å². The summed E-state index contributed by atoms with van der Waals surface area (Å²) in [7, 11) is 0. The fraction of sp³-hybridized carbons (Fsp3) is 0.200. The van der Waals surface area contributed by atoms with Gasteiger partial charge in [-0.15, -0.1) is 0 Å². The summed E-state index contributed by atoms with van der Waals surface area (Å²) in [4.78, 5) is 0. The molecule has 0 radical (unpaired) electrons. The van der Waals surface area contributed by atoms with Gasteiger partial charge in [0.15, 0.2) is 0 Å². The maximum atomic E-state index is 13.3. The summed E-state index contributed by atoms with van der Waals surface area (Å²) in [5, 5.41) is 10.2. The quantitative estimate of drug-likeness (QED) is 0.808. The number of rotatable bonds is 2. The molecule has 2 rings (SSSR count). The van der Waals surface area contributed by atoms with E-state index in [2.05, 4.69) is 0 Å².